The normalized spacial score (nSPS) is 17.1. The molecule has 1 fully saturated rings. The molecule has 0 unspecified atom stereocenters. The number of carbonyl (C=O) groups excluding carboxylic acids is 1. The highest BCUT2D eigenvalue weighted by Crippen LogP contribution is 2.29. The van der Waals surface area contributed by atoms with Gasteiger partial charge in [-0.3, -0.25) is 4.79 Å². The molecule has 6 nitrogen and oxygen atoms in total. The molecule has 1 aliphatic heterocycles. The first-order valence-electron chi connectivity index (χ1n) is 11.3. The molecule has 5 rings (SSSR count). The molecular formula is C25H26N2O4S2. The van der Waals surface area contributed by atoms with Gasteiger partial charge in [0.15, 0.2) is 0 Å². The van der Waals surface area contributed by atoms with Crippen molar-refractivity contribution in [2.75, 3.05) is 13.1 Å². The quantitative estimate of drug-likeness (QED) is 0.486. The van der Waals surface area contributed by atoms with Gasteiger partial charge >= 0.3 is 5.97 Å². The van der Waals surface area contributed by atoms with Gasteiger partial charge in [-0.25, -0.2) is 13.4 Å². The van der Waals surface area contributed by atoms with Gasteiger partial charge in [-0.2, -0.15) is 4.31 Å². The van der Waals surface area contributed by atoms with Crippen molar-refractivity contribution in [1.82, 2.24) is 9.29 Å². The molecule has 0 bridgehead atoms. The van der Waals surface area contributed by atoms with E-state index in [-0.39, 0.29) is 18.5 Å². The van der Waals surface area contributed by atoms with Crippen molar-refractivity contribution in [3.8, 4) is 10.6 Å². The fraction of sp³-hybridized carbons (Fsp3) is 0.360. The van der Waals surface area contributed by atoms with E-state index in [4.69, 9.17) is 4.74 Å². The van der Waals surface area contributed by atoms with E-state index in [1.54, 1.807) is 6.07 Å². The number of sulfonamides is 1. The molecule has 172 valence electrons. The number of nitrogens with zero attached hydrogens (tertiary/aromatic N) is 2. The molecule has 33 heavy (non-hydrogen) atoms. The summed E-state index contributed by atoms with van der Waals surface area (Å²) in [6.07, 6.45) is 3.99. The summed E-state index contributed by atoms with van der Waals surface area (Å²) in [6.45, 7) is 0.790. The number of thiazole rings is 1. The van der Waals surface area contributed by atoms with E-state index in [1.807, 2.05) is 47.8 Å². The monoisotopic (exact) mass is 482 g/mol. The maximum Gasteiger partial charge on any atom is 0.309 e. The van der Waals surface area contributed by atoms with Crippen LogP contribution in [-0.2, 0) is 39.0 Å². The summed E-state index contributed by atoms with van der Waals surface area (Å²) in [5.41, 5.74) is 4.17. The lowest BCUT2D eigenvalue weighted by molar-refractivity contribution is -0.151. The molecule has 2 aromatic carbocycles. The zero-order valence-corrected chi connectivity index (χ0v) is 19.9. The van der Waals surface area contributed by atoms with E-state index >= 15 is 0 Å². The number of fused-ring (bicyclic) bond motifs is 1. The summed E-state index contributed by atoms with van der Waals surface area (Å²) in [5, 5.41) is 2.80. The summed E-state index contributed by atoms with van der Waals surface area (Å²) < 4.78 is 33.2. The Kier molecular flexibility index (Phi) is 6.32. The largest absolute Gasteiger partial charge is 0.459 e. The summed E-state index contributed by atoms with van der Waals surface area (Å²) in [7, 11) is -3.54. The van der Waals surface area contributed by atoms with Gasteiger partial charge in [-0.1, -0.05) is 36.4 Å². The molecule has 0 saturated carbocycles. The van der Waals surface area contributed by atoms with Crippen LogP contribution in [-0.4, -0.2) is 36.8 Å². The van der Waals surface area contributed by atoms with Crippen LogP contribution < -0.4 is 0 Å². The molecule has 3 aromatic rings. The molecule has 1 saturated heterocycles. The third kappa shape index (κ3) is 4.74. The van der Waals surface area contributed by atoms with Gasteiger partial charge in [0.05, 0.1) is 16.5 Å². The van der Waals surface area contributed by atoms with Crippen LogP contribution in [0.5, 0.6) is 0 Å². The van der Waals surface area contributed by atoms with Gasteiger partial charge in [0.2, 0.25) is 10.0 Å². The molecule has 0 atom stereocenters. The number of rotatable bonds is 6. The van der Waals surface area contributed by atoms with Gasteiger partial charge in [0.1, 0.15) is 11.6 Å². The Hall–Kier alpha value is -2.55. The Morgan fingerprint density at radius 3 is 2.61 bits per heavy atom. The first-order chi connectivity index (χ1) is 16.0. The van der Waals surface area contributed by atoms with Crippen LogP contribution in [0.2, 0.25) is 0 Å². The highest BCUT2D eigenvalue weighted by molar-refractivity contribution is 7.89. The van der Waals surface area contributed by atoms with Crippen LogP contribution in [0.25, 0.3) is 10.6 Å². The van der Waals surface area contributed by atoms with Crippen molar-refractivity contribution in [2.24, 2.45) is 5.92 Å². The first-order valence-corrected chi connectivity index (χ1v) is 13.6. The lowest BCUT2D eigenvalue weighted by atomic mass is 9.98. The Bertz CT molecular complexity index is 1250. The Morgan fingerprint density at radius 1 is 1.06 bits per heavy atom. The van der Waals surface area contributed by atoms with E-state index in [1.165, 1.54) is 21.2 Å². The first kappa shape index (κ1) is 22.3. The second-order valence-electron chi connectivity index (χ2n) is 8.58. The second-order valence-corrected chi connectivity index (χ2v) is 11.4. The molecule has 1 aliphatic carbocycles. The predicted octanol–water partition coefficient (Wildman–Crippen LogP) is 4.44. The number of esters is 1. The smallest absolute Gasteiger partial charge is 0.309 e. The number of piperidine rings is 1. The van der Waals surface area contributed by atoms with Crippen molar-refractivity contribution in [1.29, 1.82) is 0 Å². The number of aromatic nitrogens is 1. The average molecular weight is 483 g/mol. The van der Waals surface area contributed by atoms with Crippen molar-refractivity contribution >= 4 is 27.3 Å². The van der Waals surface area contributed by atoms with Gasteiger partial charge in [0.25, 0.3) is 0 Å². The van der Waals surface area contributed by atoms with E-state index in [0.717, 1.165) is 41.1 Å². The molecule has 0 amide bonds. The van der Waals surface area contributed by atoms with Crippen LogP contribution in [0.3, 0.4) is 0 Å². The van der Waals surface area contributed by atoms with Crippen molar-refractivity contribution in [3.63, 3.8) is 0 Å². The maximum atomic E-state index is 13.1. The van der Waals surface area contributed by atoms with Gasteiger partial charge < -0.3 is 4.74 Å². The van der Waals surface area contributed by atoms with Crippen LogP contribution in [0.15, 0.2) is 58.8 Å². The zero-order chi connectivity index (χ0) is 22.8. The third-order valence-corrected chi connectivity index (χ3v) is 9.26. The van der Waals surface area contributed by atoms with Crippen LogP contribution in [0.4, 0.5) is 0 Å². The fourth-order valence-electron chi connectivity index (χ4n) is 4.54. The Balaban J connectivity index is 1.15. The molecule has 0 N–H and O–H groups in total. The van der Waals surface area contributed by atoms with Crippen molar-refractivity contribution in [2.45, 2.75) is 43.6 Å². The zero-order valence-electron chi connectivity index (χ0n) is 18.3. The fourth-order valence-corrected chi connectivity index (χ4v) is 6.87. The minimum atomic E-state index is -3.54. The molecular weight excluding hydrogens is 456 g/mol. The number of ether oxygens (including phenoxy) is 1. The van der Waals surface area contributed by atoms with Crippen LogP contribution >= 0.6 is 11.3 Å². The molecule has 1 aromatic heterocycles. The number of aryl methyl sites for hydroxylation is 2. The van der Waals surface area contributed by atoms with E-state index in [2.05, 4.69) is 4.98 Å². The molecule has 2 aliphatic rings. The third-order valence-electron chi connectivity index (χ3n) is 6.43. The standard InChI is InChI=1S/C25H26N2O4S2/c28-25(31-16-22-17-32-24(26-22)19-5-2-1-3-6-19)20-11-13-27(14-12-20)33(29,30)23-10-9-18-7-4-8-21(18)15-23/h1-3,5-6,9-10,15,17,20H,4,7-8,11-14,16H2. The molecule has 2 heterocycles. The van der Waals surface area contributed by atoms with Gasteiger partial charge in [-0.05, 0) is 55.4 Å². The van der Waals surface area contributed by atoms with Crippen molar-refractivity contribution in [3.05, 3.63) is 70.7 Å². The maximum absolute atomic E-state index is 13.1. The molecule has 0 radical (unpaired) electrons. The van der Waals surface area contributed by atoms with E-state index in [0.29, 0.717) is 30.8 Å². The summed E-state index contributed by atoms with van der Waals surface area (Å²) in [5.74, 6) is -0.567. The number of hydrogen-bond acceptors (Lipinski definition) is 6. The number of carbonyl (C=O) groups is 1. The SMILES string of the molecule is O=C(OCc1csc(-c2ccccc2)n1)C1CCN(S(=O)(=O)c2ccc3c(c2)CCC3)CC1. The van der Waals surface area contributed by atoms with E-state index in [9.17, 15) is 13.2 Å². The van der Waals surface area contributed by atoms with Gasteiger partial charge in [-0.15, -0.1) is 11.3 Å². The lowest BCUT2D eigenvalue weighted by Gasteiger charge is -2.30. The second kappa shape index (κ2) is 9.37. The number of benzene rings is 2. The highest BCUT2D eigenvalue weighted by atomic mass is 32.2. The van der Waals surface area contributed by atoms with E-state index < -0.39 is 10.0 Å². The minimum absolute atomic E-state index is 0.135. The van der Waals surface area contributed by atoms with Crippen LogP contribution in [0.1, 0.15) is 36.1 Å². The van der Waals surface area contributed by atoms with Crippen LogP contribution in [0, 0.1) is 5.92 Å². The number of hydrogen-bond donors (Lipinski definition) is 0. The topological polar surface area (TPSA) is 76.6 Å². The Labute approximate surface area is 198 Å². The lowest BCUT2D eigenvalue weighted by Crippen LogP contribution is -2.40. The molecule has 0 spiro atoms. The predicted molar refractivity (Wildman–Crippen MR) is 127 cm³/mol. The minimum Gasteiger partial charge on any atom is -0.459 e. The highest BCUT2D eigenvalue weighted by Gasteiger charge is 2.33. The summed E-state index contributed by atoms with van der Waals surface area (Å²) in [6, 6.07) is 15.4. The van der Waals surface area contributed by atoms with Crippen molar-refractivity contribution < 1.29 is 17.9 Å². The Morgan fingerprint density at radius 2 is 1.82 bits per heavy atom. The average Bonchev–Trinajstić information content (AvgIpc) is 3.52. The summed E-state index contributed by atoms with van der Waals surface area (Å²) in [4.78, 5) is 17.5. The van der Waals surface area contributed by atoms with Gasteiger partial charge in [0, 0.05) is 24.0 Å². The molecule has 8 heteroatoms. The summed E-state index contributed by atoms with van der Waals surface area (Å²) >= 11 is 1.52.